The van der Waals surface area contributed by atoms with Crippen molar-refractivity contribution >= 4 is 24.4 Å². The lowest BCUT2D eigenvalue weighted by molar-refractivity contribution is -0.125. The van der Waals surface area contributed by atoms with E-state index < -0.39 is 0 Å². The zero-order valence-electron chi connectivity index (χ0n) is 7.96. The SMILES string of the molecule is CCCNC(=O)CNC(=O)C(C)S. The van der Waals surface area contributed by atoms with E-state index in [1.807, 2.05) is 6.92 Å². The highest BCUT2D eigenvalue weighted by Crippen LogP contribution is 1.90. The molecule has 0 rings (SSSR count). The first-order valence-corrected chi connectivity index (χ1v) is 4.82. The molecule has 5 heteroatoms. The molecule has 76 valence electrons. The maximum atomic E-state index is 11.0. The molecule has 0 bridgehead atoms. The first-order valence-electron chi connectivity index (χ1n) is 4.30. The number of carbonyl (C=O) groups is 2. The molecule has 0 aliphatic rings. The van der Waals surface area contributed by atoms with Gasteiger partial charge in [-0.2, -0.15) is 12.6 Å². The summed E-state index contributed by atoms with van der Waals surface area (Å²) in [6, 6.07) is 0. The summed E-state index contributed by atoms with van der Waals surface area (Å²) < 4.78 is 0. The van der Waals surface area contributed by atoms with Gasteiger partial charge in [-0.1, -0.05) is 6.92 Å². The summed E-state index contributed by atoms with van der Waals surface area (Å²) in [7, 11) is 0. The molecule has 0 fully saturated rings. The summed E-state index contributed by atoms with van der Waals surface area (Å²) in [5, 5.41) is 4.74. The molecule has 2 N–H and O–H groups in total. The van der Waals surface area contributed by atoms with E-state index in [9.17, 15) is 9.59 Å². The Hall–Kier alpha value is -0.710. The van der Waals surface area contributed by atoms with E-state index in [2.05, 4.69) is 23.3 Å². The van der Waals surface area contributed by atoms with E-state index in [1.165, 1.54) is 0 Å². The Labute approximate surface area is 83.9 Å². The molecule has 0 aliphatic heterocycles. The summed E-state index contributed by atoms with van der Waals surface area (Å²) in [6.07, 6.45) is 0.892. The van der Waals surface area contributed by atoms with Crippen molar-refractivity contribution in [3.8, 4) is 0 Å². The van der Waals surface area contributed by atoms with Gasteiger partial charge in [0.05, 0.1) is 11.8 Å². The Morgan fingerprint density at radius 2 is 2.00 bits per heavy atom. The molecule has 0 aromatic carbocycles. The topological polar surface area (TPSA) is 58.2 Å². The molecule has 0 heterocycles. The minimum atomic E-state index is -0.376. The van der Waals surface area contributed by atoms with Gasteiger partial charge in [0, 0.05) is 6.54 Å². The van der Waals surface area contributed by atoms with Crippen LogP contribution < -0.4 is 10.6 Å². The van der Waals surface area contributed by atoms with Crippen molar-refractivity contribution in [3.63, 3.8) is 0 Å². The van der Waals surface area contributed by atoms with Crippen molar-refractivity contribution in [2.45, 2.75) is 25.5 Å². The fraction of sp³-hybridized carbons (Fsp3) is 0.750. The predicted octanol–water partition coefficient (Wildman–Crippen LogP) is -0.0529. The summed E-state index contributed by atoms with van der Waals surface area (Å²) in [4.78, 5) is 21.9. The van der Waals surface area contributed by atoms with Crippen molar-refractivity contribution in [1.29, 1.82) is 0 Å². The normalized spacial score (nSPS) is 11.9. The number of nitrogens with one attached hydrogen (secondary N) is 2. The van der Waals surface area contributed by atoms with Crippen LogP contribution in [0.5, 0.6) is 0 Å². The van der Waals surface area contributed by atoms with E-state index in [0.717, 1.165) is 6.42 Å². The molecule has 0 saturated carbocycles. The average Bonchev–Trinajstić information content (AvgIpc) is 2.10. The lowest BCUT2D eigenvalue weighted by Crippen LogP contribution is -2.39. The van der Waals surface area contributed by atoms with Gasteiger partial charge in [0.25, 0.3) is 0 Å². The second-order valence-electron chi connectivity index (χ2n) is 2.74. The smallest absolute Gasteiger partial charge is 0.239 e. The Kier molecular flexibility index (Phi) is 6.40. The van der Waals surface area contributed by atoms with Crippen LogP contribution in [0, 0.1) is 0 Å². The third-order valence-corrected chi connectivity index (χ3v) is 1.61. The zero-order chi connectivity index (χ0) is 10.3. The van der Waals surface area contributed by atoms with Crippen LogP contribution in [0.25, 0.3) is 0 Å². The number of carbonyl (C=O) groups excluding carboxylic acids is 2. The Balaban J connectivity index is 3.52. The van der Waals surface area contributed by atoms with Gasteiger partial charge in [-0.25, -0.2) is 0 Å². The van der Waals surface area contributed by atoms with Crippen LogP contribution in [-0.4, -0.2) is 30.2 Å². The van der Waals surface area contributed by atoms with Crippen LogP contribution >= 0.6 is 12.6 Å². The van der Waals surface area contributed by atoms with Crippen molar-refractivity contribution < 1.29 is 9.59 Å². The van der Waals surface area contributed by atoms with E-state index in [4.69, 9.17) is 0 Å². The lowest BCUT2D eigenvalue weighted by Gasteiger charge is -2.06. The summed E-state index contributed by atoms with van der Waals surface area (Å²) >= 11 is 3.92. The monoisotopic (exact) mass is 204 g/mol. The minimum Gasteiger partial charge on any atom is -0.355 e. The van der Waals surface area contributed by atoms with Gasteiger partial charge in [-0.15, -0.1) is 0 Å². The van der Waals surface area contributed by atoms with Crippen molar-refractivity contribution in [3.05, 3.63) is 0 Å². The highest BCUT2D eigenvalue weighted by Gasteiger charge is 2.08. The van der Waals surface area contributed by atoms with Gasteiger partial charge < -0.3 is 10.6 Å². The van der Waals surface area contributed by atoms with Crippen LogP contribution in [0.2, 0.25) is 0 Å². The number of amides is 2. The quantitative estimate of drug-likeness (QED) is 0.550. The van der Waals surface area contributed by atoms with Gasteiger partial charge in [-0.3, -0.25) is 9.59 Å². The number of thiol groups is 1. The molecule has 4 nitrogen and oxygen atoms in total. The molecular formula is C8H16N2O2S. The summed E-state index contributed by atoms with van der Waals surface area (Å²) in [5.74, 6) is -0.390. The van der Waals surface area contributed by atoms with Crippen molar-refractivity contribution in [2.75, 3.05) is 13.1 Å². The van der Waals surface area contributed by atoms with Crippen LogP contribution in [0.1, 0.15) is 20.3 Å². The maximum Gasteiger partial charge on any atom is 0.239 e. The molecule has 0 aliphatic carbocycles. The molecule has 0 saturated heterocycles. The molecular weight excluding hydrogens is 188 g/mol. The average molecular weight is 204 g/mol. The predicted molar refractivity (Wildman–Crippen MR) is 54.8 cm³/mol. The van der Waals surface area contributed by atoms with Gasteiger partial charge >= 0.3 is 0 Å². The minimum absolute atomic E-state index is 0.0315. The Morgan fingerprint density at radius 3 is 2.46 bits per heavy atom. The first kappa shape index (κ1) is 12.3. The third-order valence-electron chi connectivity index (χ3n) is 1.37. The van der Waals surface area contributed by atoms with Gasteiger partial charge in [0.1, 0.15) is 0 Å². The molecule has 0 radical (unpaired) electrons. The van der Waals surface area contributed by atoms with Crippen LogP contribution in [-0.2, 0) is 9.59 Å². The summed E-state index contributed by atoms with van der Waals surface area (Å²) in [5.41, 5.74) is 0. The molecule has 0 aromatic heterocycles. The molecule has 0 spiro atoms. The van der Waals surface area contributed by atoms with Crippen LogP contribution in [0.4, 0.5) is 0 Å². The van der Waals surface area contributed by atoms with Gasteiger partial charge in [0.2, 0.25) is 11.8 Å². The molecule has 13 heavy (non-hydrogen) atoms. The second-order valence-corrected chi connectivity index (χ2v) is 3.52. The lowest BCUT2D eigenvalue weighted by atomic mass is 10.4. The Morgan fingerprint density at radius 1 is 1.38 bits per heavy atom. The van der Waals surface area contributed by atoms with Gasteiger partial charge in [-0.05, 0) is 13.3 Å². The van der Waals surface area contributed by atoms with E-state index in [-0.39, 0.29) is 23.6 Å². The molecule has 0 aromatic rings. The highest BCUT2D eigenvalue weighted by molar-refractivity contribution is 7.81. The Bertz CT molecular complexity index is 183. The van der Waals surface area contributed by atoms with E-state index in [1.54, 1.807) is 6.92 Å². The number of hydrogen-bond acceptors (Lipinski definition) is 3. The van der Waals surface area contributed by atoms with E-state index in [0.29, 0.717) is 6.54 Å². The third kappa shape index (κ3) is 6.45. The standard InChI is InChI=1S/C8H16N2O2S/c1-3-4-9-7(11)5-10-8(12)6(2)13/h6,13H,3-5H2,1-2H3,(H,9,11)(H,10,12). The molecule has 1 atom stereocenters. The molecule has 2 amide bonds. The fourth-order valence-electron chi connectivity index (χ4n) is 0.642. The summed E-state index contributed by atoms with van der Waals surface area (Å²) in [6.45, 7) is 4.30. The zero-order valence-corrected chi connectivity index (χ0v) is 8.86. The van der Waals surface area contributed by atoms with Gasteiger partial charge in [0.15, 0.2) is 0 Å². The highest BCUT2D eigenvalue weighted by atomic mass is 32.1. The van der Waals surface area contributed by atoms with Crippen molar-refractivity contribution in [2.24, 2.45) is 0 Å². The van der Waals surface area contributed by atoms with Crippen molar-refractivity contribution in [1.82, 2.24) is 10.6 Å². The molecule has 1 unspecified atom stereocenters. The van der Waals surface area contributed by atoms with Crippen LogP contribution in [0.15, 0.2) is 0 Å². The van der Waals surface area contributed by atoms with E-state index >= 15 is 0 Å². The largest absolute Gasteiger partial charge is 0.355 e. The maximum absolute atomic E-state index is 11.0. The number of hydrogen-bond donors (Lipinski definition) is 3. The fourth-order valence-corrected chi connectivity index (χ4v) is 0.733. The second kappa shape index (κ2) is 6.77. The first-order chi connectivity index (χ1) is 6.07. The van der Waals surface area contributed by atoms with Crippen LogP contribution in [0.3, 0.4) is 0 Å². The number of rotatable bonds is 5.